The van der Waals surface area contributed by atoms with Crippen molar-refractivity contribution < 1.29 is 14.3 Å². The van der Waals surface area contributed by atoms with Crippen molar-refractivity contribution in [3.63, 3.8) is 0 Å². The maximum Gasteiger partial charge on any atom is 0.276 e. The summed E-state index contributed by atoms with van der Waals surface area (Å²) in [7, 11) is 0. The van der Waals surface area contributed by atoms with Crippen LogP contribution in [-0.2, 0) is 15.0 Å². The molecule has 2 aromatic rings. The summed E-state index contributed by atoms with van der Waals surface area (Å²) in [6.45, 7) is -0.250. The first-order chi connectivity index (χ1) is 13.5. The molecule has 144 valence electrons. The normalized spacial score (nSPS) is 14.7. The van der Waals surface area contributed by atoms with E-state index in [-0.39, 0.29) is 12.5 Å². The highest BCUT2D eigenvalue weighted by atomic mass is 35.5. The van der Waals surface area contributed by atoms with Gasteiger partial charge in [-0.3, -0.25) is 20.4 Å². The van der Waals surface area contributed by atoms with Crippen molar-refractivity contribution in [2.24, 2.45) is 0 Å². The van der Waals surface area contributed by atoms with Gasteiger partial charge in [-0.05, 0) is 54.8 Å². The summed E-state index contributed by atoms with van der Waals surface area (Å²) >= 11 is 5.96. The minimum Gasteiger partial charge on any atom is -0.484 e. The number of hydrazine groups is 1. The summed E-state index contributed by atoms with van der Waals surface area (Å²) in [4.78, 5) is 24.9. The molecule has 0 aromatic heterocycles. The lowest BCUT2D eigenvalue weighted by Gasteiger charge is -2.28. The zero-order chi connectivity index (χ0) is 20.0. The molecule has 1 fully saturated rings. The quantitative estimate of drug-likeness (QED) is 0.757. The van der Waals surface area contributed by atoms with Gasteiger partial charge in [0.05, 0.1) is 17.0 Å². The van der Waals surface area contributed by atoms with Crippen LogP contribution in [0.25, 0.3) is 0 Å². The number of benzene rings is 2. The zero-order valence-electron chi connectivity index (χ0n) is 15.2. The Kier molecular flexibility index (Phi) is 6.17. The number of carbonyl (C=O) groups excluding carboxylic acids is 2. The first kappa shape index (κ1) is 19.7. The average Bonchev–Trinajstić information content (AvgIpc) is 3.22. The number of rotatable bonds is 5. The largest absolute Gasteiger partial charge is 0.484 e. The van der Waals surface area contributed by atoms with Gasteiger partial charge < -0.3 is 4.74 Å². The number of nitriles is 1. The molecule has 3 rings (SSSR count). The standard InChI is InChI=1S/C21H20ClN3O3/c22-17-7-5-16(6-8-17)21(11-1-2-12-21)20(27)25-24-19(26)14-28-18-9-3-15(13-23)4-10-18/h3-10H,1-2,11-12,14H2,(H,24,26)(H,25,27). The third-order valence-electron chi connectivity index (χ3n) is 4.96. The molecule has 0 unspecified atom stereocenters. The predicted octanol–water partition coefficient (Wildman–Crippen LogP) is 3.25. The van der Waals surface area contributed by atoms with E-state index < -0.39 is 11.3 Å². The second-order valence-corrected chi connectivity index (χ2v) is 7.16. The van der Waals surface area contributed by atoms with Crippen LogP contribution in [0.2, 0.25) is 5.02 Å². The third kappa shape index (κ3) is 4.44. The minimum atomic E-state index is -0.661. The fourth-order valence-electron chi connectivity index (χ4n) is 3.45. The van der Waals surface area contributed by atoms with Crippen molar-refractivity contribution in [1.29, 1.82) is 5.26 Å². The van der Waals surface area contributed by atoms with Crippen molar-refractivity contribution in [1.82, 2.24) is 10.9 Å². The highest BCUT2D eigenvalue weighted by Gasteiger charge is 2.42. The van der Waals surface area contributed by atoms with Crippen LogP contribution in [0.5, 0.6) is 5.75 Å². The summed E-state index contributed by atoms with van der Waals surface area (Å²) in [5, 5.41) is 9.39. The minimum absolute atomic E-state index is 0.237. The van der Waals surface area contributed by atoms with Crippen molar-refractivity contribution in [3.8, 4) is 11.8 Å². The molecule has 2 amide bonds. The number of nitrogens with zero attached hydrogens (tertiary/aromatic N) is 1. The molecule has 0 heterocycles. The number of carbonyl (C=O) groups is 2. The smallest absolute Gasteiger partial charge is 0.276 e. The fraction of sp³-hybridized carbons (Fsp3) is 0.286. The SMILES string of the molecule is N#Cc1ccc(OCC(=O)NNC(=O)C2(c3ccc(Cl)cc3)CCCC2)cc1. The molecule has 0 spiro atoms. The van der Waals surface area contributed by atoms with Crippen LogP contribution < -0.4 is 15.6 Å². The van der Waals surface area contributed by atoms with Gasteiger partial charge in [0, 0.05) is 5.02 Å². The van der Waals surface area contributed by atoms with E-state index >= 15 is 0 Å². The van der Waals surface area contributed by atoms with Crippen LogP contribution in [0.15, 0.2) is 48.5 Å². The van der Waals surface area contributed by atoms with E-state index in [0.717, 1.165) is 31.2 Å². The molecular weight excluding hydrogens is 378 g/mol. The van der Waals surface area contributed by atoms with Gasteiger partial charge in [-0.25, -0.2) is 0 Å². The molecule has 0 radical (unpaired) electrons. The Bertz CT molecular complexity index is 883. The maximum absolute atomic E-state index is 12.9. The molecule has 2 N–H and O–H groups in total. The van der Waals surface area contributed by atoms with E-state index in [4.69, 9.17) is 21.6 Å². The molecule has 2 aromatic carbocycles. The molecular formula is C21H20ClN3O3. The fourth-order valence-corrected chi connectivity index (χ4v) is 3.58. The van der Waals surface area contributed by atoms with Crippen molar-refractivity contribution in [3.05, 3.63) is 64.7 Å². The molecule has 0 bridgehead atoms. The third-order valence-corrected chi connectivity index (χ3v) is 5.21. The molecule has 1 saturated carbocycles. The molecule has 28 heavy (non-hydrogen) atoms. The Morgan fingerprint density at radius 3 is 2.29 bits per heavy atom. The Balaban J connectivity index is 1.56. The molecule has 1 aliphatic rings. The van der Waals surface area contributed by atoms with Crippen LogP contribution in [0.4, 0.5) is 0 Å². The van der Waals surface area contributed by atoms with Crippen molar-refractivity contribution in [2.45, 2.75) is 31.1 Å². The number of ether oxygens (including phenoxy) is 1. The summed E-state index contributed by atoms with van der Waals surface area (Å²) in [6, 6.07) is 15.7. The second kappa shape index (κ2) is 8.77. The van der Waals surface area contributed by atoms with E-state index in [1.165, 1.54) is 0 Å². The van der Waals surface area contributed by atoms with E-state index in [9.17, 15) is 9.59 Å². The van der Waals surface area contributed by atoms with Gasteiger partial charge in [0.2, 0.25) is 5.91 Å². The number of nitrogens with one attached hydrogen (secondary N) is 2. The molecule has 0 saturated heterocycles. The maximum atomic E-state index is 12.9. The highest BCUT2D eigenvalue weighted by molar-refractivity contribution is 6.30. The topological polar surface area (TPSA) is 91.2 Å². The van der Waals surface area contributed by atoms with Crippen LogP contribution in [0.1, 0.15) is 36.8 Å². The first-order valence-electron chi connectivity index (χ1n) is 9.02. The molecule has 7 heteroatoms. The van der Waals surface area contributed by atoms with Gasteiger partial charge in [-0.1, -0.05) is 36.6 Å². The second-order valence-electron chi connectivity index (χ2n) is 6.72. The van der Waals surface area contributed by atoms with Gasteiger partial charge in [-0.2, -0.15) is 5.26 Å². The lowest BCUT2D eigenvalue weighted by molar-refractivity contribution is -0.133. The monoisotopic (exact) mass is 397 g/mol. The summed E-state index contributed by atoms with van der Waals surface area (Å²) in [5.41, 5.74) is 5.70. The lowest BCUT2D eigenvalue weighted by Crippen LogP contribution is -2.51. The molecule has 6 nitrogen and oxygen atoms in total. The van der Waals surface area contributed by atoms with E-state index in [1.54, 1.807) is 36.4 Å². The van der Waals surface area contributed by atoms with Crippen LogP contribution >= 0.6 is 11.6 Å². The highest BCUT2D eigenvalue weighted by Crippen LogP contribution is 2.41. The van der Waals surface area contributed by atoms with Crippen LogP contribution in [0.3, 0.4) is 0 Å². The Morgan fingerprint density at radius 1 is 1.04 bits per heavy atom. The molecule has 0 aliphatic heterocycles. The van der Waals surface area contributed by atoms with Gasteiger partial charge >= 0.3 is 0 Å². The summed E-state index contributed by atoms with van der Waals surface area (Å²) < 4.78 is 5.36. The Hall–Kier alpha value is -3.04. The van der Waals surface area contributed by atoms with Crippen LogP contribution in [0, 0.1) is 11.3 Å². The van der Waals surface area contributed by atoms with Crippen molar-refractivity contribution in [2.75, 3.05) is 6.61 Å². The zero-order valence-corrected chi connectivity index (χ0v) is 16.0. The number of halogens is 1. The lowest BCUT2D eigenvalue weighted by atomic mass is 9.78. The molecule has 0 atom stereocenters. The summed E-state index contributed by atoms with van der Waals surface area (Å²) in [5.74, 6) is -0.241. The number of hydrogen-bond donors (Lipinski definition) is 2. The molecule has 1 aliphatic carbocycles. The van der Waals surface area contributed by atoms with E-state index in [0.29, 0.717) is 16.3 Å². The number of amides is 2. The van der Waals surface area contributed by atoms with Gasteiger partial charge in [0.25, 0.3) is 5.91 Å². The van der Waals surface area contributed by atoms with Gasteiger partial charge in [0.1, 0.15) is 5.75 Å². The Morgan fingerprint density at radius 2 is 1.68 bits per heavy atom. The predicted molar refractivity (Wildman–Crippen MR) is 105 cm³/mol. The van der Waals surface area contributed by atoms with Crippen LogP contribution in [-0.4, -0.2) is 18.4 Å². The number of hydrogen-bond acceptors (Lipinski definition) is 4. The van der Waals surface area contributed by atoms with Gasteiger partial charge in [-0.15, -0.1) is 0 Å². The van der Waals surface area contributed by atoms with E-state index in [1.807, 2.05) is 18.2 Å². The van der Waals surface area contributed by atoms with Crippen molar-refractivity contribution >= 4 is 23.4 Å². The van der Waals surface area contributed by atoms with E-state index in [2.05, 4.69) is 10.9 Å². The average molecular weight is 398 g/mol. The summed E-state index contributed by atoms with van der Waals surface area (Å²) in [6.07, 6.45) is 3.34. The Labute approximate surface area is 168 Å². The van der Waals surface area contributed by atoms with Gasteiger partial charge in [0.15, 0.2) is 6.61 Å². The first-order valence-corrected chi connectivity index (χ1v) is 9.39.